The molecule has 0 bridgehead atoms. The van der Waals surface area contributed by atoms with Gasteiger partial charge >= 0.3 is 0 Å². The summed E-state index contributed by atoms with van der Waals surface area (Å²) in [6.45, 7) is 0.316. The summed E-state index contributed by atoms with van der Waals surface area (Å²) in [5.41, 5.74) is -0.203. The Morgan fingerprint density at radius 2 is 2.22 bits per heavy atom. The van der Waals surface area contributed by atoms with Gasteiger partial charge in [-0.1, -0.05) is 0 Å². The molecule has 1 amide bonds. The highest BCUT2D eigenvalue weighted by atomic mass is 79.9. The van der Waals surface area contributed by atoms with E-state index < -0.39 is 0 Å². The van der Waals surface area contributed by atoms with E-state index in [0.717, 1.165) is 17.3 Å². The number of aromatic nitrogens is 1. The van der Waals surface area contributed by atoms with Crippen LogP contribution < -0.4 is 5.56 Å². The Labute approximate surface area is 113 Å². The van der Waals surface area contributed by atoms with Crippen LogP contribution in [0.15, 0.2) is 27.6 Å². The van der Waals surface area contributed by atoms with Crippen LogP contribution in [-0.4, -0.2) is 39.7 Å². The molecule has 1 aliphatic carbocycles. The number of aliphatic hydroxyl groups excluding tert-OH is 1. The fraction of sp³-hybridized carbons (Fsp3) is 0.500. The Kier molecular flexibility index (Phi) is 4.19. The lowest BCUT2D eigenvalue weighted by Gasteiger charge is -2.21. The van der Waals surface area contributed by atoms with Gasteiger partial charge in [0, 0.05) is 29.3 Å². The van der Waals surface area contributed by atoms with E-state index in [2.05, 4.69) is 15.9 Å². The molecule has 0 saturated heterocycles. The zero-order valence-electron chi connectivity index (χ0n) is 9.88. The SMILES string of the molecule is O=C(Cn1cc(Br)ccc1=O)N(CCO)C1CC1. The summed E-state index contributed by atoms with van der Waals surface area (Å²) in [5.74, 6) is -0.119. The predicted molar refractivity (Wildman–Crippen MR) is 70.2 cm³/mol. The molecule has 0 atom stereocenters. The van der Waals surface area contributed by atoms with E-state index in [4.69, 9.17) is 5.11 Å². The summed E-state index contributed by atoms with van der Waals surface area (Å²) < 4.78 is 2.13. The van der Waals surface area contributed by atoms with E-state index in [1.807, 2.05) is 0 Å². The van der Waals surface area contributed by atoms with E-state index in [-0.39, 0.29) is 30.7 Å². The molecule has 1 aliphatic rings. The molecule has 0 spiro atoms. The van der Waals surface area contributed by atoms with E-state index in [0.29, 0.717) is 6.54 Å². The summed E-state index contributed by atoms with van der Waals surface area (Å²) in [7, 11) is 0. The van der Waals surface area contributed by atoms with Gasteiger partial charge in [-0.2, -0.15) is 0 Å². The van der Waals surface area contributed by atoms with E-state index in [9.17, 15) is 9.59 Å². The van der Waals surface area contributed by atoms with Gasteiger partial charge < -0.3 is 14.6 Å². The number of aliphatic hydroxyl groups is 1. The molecule has 1 N–H and O–H groups in total. The first-order valence-electron chi connectivity index (χ1n) is 5.88. The summed E-state index contributed by atoms with van der Waals surface area (Å²) in [6.07, 6.45) is 3.57. The summed E-state index contributed by atoms with van der Waals surface area (Å²) >= 11 is 3.27. The zero-order chi connectivity index (χ0) is 13.1. The second-order valence-corrected chi connectivity index (χ2v) is 5.27. The third-order valence-electron chi connectivity index (χ3n) is 2.90. The van der Waals surface area contributed by atoms with E-state index in [1.54, 1.807) is 17.2 Å². The van der Waals surface area contributed by atoms with Crippen molar-refractivity contribution >= 4 is 21.8 Å². The lowest BCUT2D eigenvalue weighted by atomic mass is 10.4. The molecule has 18 heavy (non-hydrogen) atoms. The van der Waals surface area contributed by atoms with Gasteiger partial charge in [0.25, 0.3) is 5.56 Å². The number of pyridine rings is 1. The highest BCUT2D eigenvalue weighted by molar-refractivity contribution is 9.10. The summed E-state index contributed by atoms with van der Waals surface area (Å²) in [4.78, 5) is 25.3. The molecule has 1 heterocycles. The second kappa shape index (κ2) is 5.67. The van der Waals surface area contributed by atoms with Crippen molar-refractivity contribution in [3.05, 3.63) is 33.2 Å². The van der Waals surface area contributed by atoms with Crippen LogP contribution in [-0.2, 0) is 11.3 Å². The van der Waals surface area contributed by atoms with Crippen molar-refractivity contribution in [2.75, 3.05) is 13.2 Å². The minimum Gasteiger partial charge on any atom is -0.395 e. The average molecular weight is 315 g/mol. The zero-order valence-corrected chi connectivity index (χ0v) is 11.5. The maximum Gasteiger partial charge on any atom is 0.251 e. The van der Waals surface area contributed by atoms with Crippen molar-refractivity contribution in [2.24, 2.45) is 0 Å². The molecule has 5 nitrogen and oxygen atoms in total. The maximum atomic E-state index is 12.1. The quantitative estimate of drug-likeness (QED) is 0.865. The van der Waals surface area contributed by atoms with Gasteiger partial charge in [-0.15, -0.1) is 0 Å². The molecule has 0 aliphatic heterocycles. The topological polar surface area (TPSA) is 62.5 Å². The van der Waals surface area contributed by atoms with Crippen molar-refractivity contribution in [2.45, 2.75) is 25.4 Å². The molecule has 2 rings (SSSR count). The molecular weight excluding hydrogens is 300 g/mol. The van der Waals surface area contributed by atoms with Crippen LogP contribution in [0.25, 0.3) is 0 Å². The van der Waals surface area contributed by atoms with Crippen LogP contribution in [0.2, 0.25) is 0 Å². The third kappa shape index (κ3) is 3.20. The van der Waals surface area contributed by atoms with Gasteiger partial charge in [0.1, 0.15) is 6.54 Å². The Hall–Kier alpha value is -1.14. The van der Waals surface area contributed by atoms with Gasteiger partial charge in [-0.25, -0.2) is 0 Å². The van der Waals surface area contributed by atoms with E-state index in [1.165, 1.54) is 10.6 Å². The van der Waals surface area contributed by atoms with Crippen LogP contribution in [0.5, 0.6) is 0 Å². The van der Waals surface area contributed by atoms with Crippen molar-refractivity contribution in [1.29, 1.82) is 0 Å². The van der Waals surface area contributed by atoms with Crippen LogP contribution in [0.1, 0.15) is 12.8 Å². The smallest absolute Gasteiger partial charge is 0.251 e. The van der Waals surface area contributed by atoms with Gasteiger partial charge in [-0.05, 0) is 34.8 Å². The number of amides is 1. The Morgan fingerprint density at radius 3 is 2.83 bits per heavy atom. The van der Waals surface area contributed by atoms with Gasteiger partial charge in [0.15, 0.2) is 0 Å². The largest absolute Gasteiger partial charge is 0.395 e. The predicted octanol–water partition coefficient (Wildman–Crippen LogP) is 0.594. The first kappa shape index (κ1) is 13.3. The van der Waals surface area contributed by atoms with Crippen LogP contribution in [0, 0.1) is 0 Å². The maximum absolute atomic E-state index is 12.1. The van der Waals surface area contributed by atoms with E-state index >= 15 is 0 Å². The van der Waals surface area contributed by atoms with Gasteiger partial charge in [0.05, 0.1) is 6.61 Å². The molecule has 6 heteroatoms. The van der Waals surface area contributed by atoms with Crippen LogP contribution in [0.3, 0.4) is 0 Å². The Balaban J connectivity index is 2.09. The number of carbonyl (C=O) groups is 1. The number of rotatable bonds is 5. The van der Waals surface area contributed by atoms with Crippen LogP contribution >= 0.6 is 15.9 Å². The fourth-order valence-corrected chi connectivity index (χ4v) is 2.25. The fourth-order valence-electron chi connectivity index (χ4n) is 1.87. The number of hydrogen-bond donors (Lipinski definition) is 1. The summed E-state index contributed by atoms with van der Waals surface area (Å²) in [5, 5.41) is 8.96. The molecule has 1 fully saturated rings. The first-order chi connectivity index (χ1) is 8.61. The highest BCUT2D eigenvalue weighted by Gasteiger charge is 2.31. The Morgan fingerprint density at radius 1 is 1.50 bits per heavy atom. The highest BCUT2D eigenvalue weighted by Crippen LogP contribution is 2.26. The normalized spacial score (nSPS) is 14.6. The minimum atomic E-state index is -0.203. The molecule has 1 aromatic heterocycles. The van der Waals surface area contributed by atoms with Gasteiger partial charge in [0.2, 0.25) is 5.91 Å². The number of halogens is 1. The Bertz CT molecular complexity index is 496. The lowest BCUT2D eigenvalue weighted by Crippen LogP contribution is -2.39. The molecule has 1 saturated carbocycles. The average Bonchev–Trinajstić information content (AvgIpc) is 3.14. The number of nitrogens with zero attached hydrogens (tertiary/aromatic N) is 2. The first-order valence-corrected chi connectivity index (χ1v) is 6.67. The minimum absolute atomic E-state index is 0.0226. The lowest BCUT2D eigenvalue weighted by molar-refractivity contribution is -0.133. The van der Waals surface area contributed by atoms with Crippen molar-refractivity contribution in [3.63, 3.8) is 0 Å². The van der Waals surface area contributed by atoms with Crippen molar-refractivity contribution in [3.8, 4) is 0 Å². The molecule has 0 unspecified atom stereocenters. The van der Waals surface area contributed by atoms with Crippen molar-refractivity contribution in [1.82, 2.24) is 9.47 Å². The third-order valence-corrected chi connectivity index (χ3v) is 3.37. The van der Waals surface area contributed by atoms with Crippen LogP contribution in [0.4, 0.5) is 0 Å². The standard InChI is InChI=1S/C12H15BrN2O3/c13-9-1-4-11(17)14(7-9)8-12(18)15(5-6-16)10-2-3-10/h1,4,7,10,16H,2-3,5-6,8H2. The molecular formula is C12H15BrN2O3. The monoisotopic (exact) mass is 314 g/mol. The molecule has 98 valence electrons. The molecule has 0 radical (unpaired) electrons. The molecule has 0 aromatic carbocycles. The second-order valence-electron chi connectivity index (χ2n) is 4.36. The molecule has 1 aromatic rings. The number of carbonyl (C=O) groups excluding carboxylic acids is 1. The van der Waals surface area contributed by atoms with Gasteiger partial charge in [-0.3, -0.25) is 9.59 Å². The number of hydrogen-bond acceptors (Lipinski definition) is 3. The summed E-state index contributed by atoms with van der Waals surface area (Å²) in [6, 6.07) is 3.31. The van der Waals surface area contributed by atoms with Crippen molar-refractivity contribution < 1.29 is 9.90 Å².